The number of fused-ring (bicyclic) bond motifs is 1. The van der Waals surface area contributed by atoms with E-state index < -0.39 is 12.1 Å². The summed E-state index contributed by atoms with van der Waals surface area (Å²) in [5, 5.41) is 11.6. The minimum atomic E-state index is -0.745. The van der Waals surface area contributed by atoms with E-state index in [9.17, 15) is 9.59 Å². The minimum Gasteiger partial charge on any atom is -0.483 e. The quantitative estimate of drug-likeness (QED) is 0.635. The largest absolute Gasteiger partial charge is 0.483 e. The van der Waals surface area contributed by atoms with E-state index in [1.165, 1.54) is 12.5 Å². The lowest BCUT2D eigenvalue weighted by atomic mass is 10.0. The third kappa shape index (κ3) is 4.97. The molecule has 3 rings (SSSR count). The molecule has 28 heavy (non-hydrogen) atoms. The number of carboxylic acid groups (broad SMARTS) is 1. The zero-order valence-corrected chi connectivity index (χ0v) is 16.3. The van der Waals surface area contributed by atoms with E-state index in [4.69, 9.17) is 19.7 Å². The van der Waals surface area contributed by atoms with E-state index in [1.807, 2.05) is 29.9 Å². The van der Waals surface area contributed by atoms with Gasteiger partial charge in [0.1, 0.15) is 0 Å². The predicted molar refractivity (Wildman–Crippen MR) is 103 cm³/mol. The zero-order valence-electron chi connectivity index (χ0n) is 16.3. The Morgan fingerprint density at radius 2 is 1.82 bits per heavy atom. The summed E-state index contributed by atoms with van der Waals surface area (Å²) >= 11 is 0. The Hall–Kier alpha value is -3.16. The molecule has 1 atom stereocenters. The van der Waals surface area contributed by atoms with Gasteiger partial charge in [-0.05, 0) is 13.3 Å². The smallest absolute Gasteiger partial charge is 0.303 e. The SMILES string of the molecule is CC(=O)OC(C)C(=O)N1CCc2c(-c3ccccc3)nn(C)c2CC1.O=CO. The van der Waals surface area contributed by atoms with Crippen molar-refractivity contribution < 1.29 is 24.2 Å². The standard InChI is InChI=1S/C19H23N3O3.CH2O2/c1-13(25-14(2)23)19(24)22-11-9-16-17(10-12-22)21(3)20-18(16)15-7-5-4-6-8-15;2-1-3/h4-8,13H,9-12H2,1-3H3;1H,(H,2,3). The van der Waals surface area contributed by atoms with Gasteiger partial charge in [-0.25, -0.2) is 0 Å². The molecule has 2 heterocycles. The van der Waals surface area contributed by atoms with Crippen LogP contribution in [-0.4, -0.2) is 57.3 Å². The third-order valence-electron chi connectivity index (χ3n) is 4.57. The second kappa shape index (κ2) is 9.68. The number of aromatic nitrogens is 2. The van der Waals surface area contributed by atoms with E-state index in [-0.39, 0.29) is 12.4 Å². The first-order valence-electron chi connectivity index (χ1n) is 9.03. The highest BCUT2D eigenvalue weighted by atomic mass is 16.5. The number of hydrogen-bond donors (Lipinski definition) is 1. The molecule has 0 saturated carbocycles. The summed E-state index contributed by atoms with van der Waals surface area (Å²) in [6.07, 6.45) is 0.737. The summed E-state index contributed by atoms with van der Waals surface area (Å²) in [5.41, 5.74) is 4.44. The maximum atomic E-state index is 12.5. The average molecular weight is 387 g/mol. The molecule has 1 aliphatic heterocycles. The molecule has 0 bridgehead atoms. The summed E-state index contributed by atoms with van der Waals surface area (Å²) < 4.78 is 6.95. The Kier molecular flexibility index (Phi) is 7.31. The van der Waals surface area contributed by atoms with Crippen molar-refractivity contribution in [1.82, 2.24) is 14.7 Å². The zero-order chi connectivity index (χ0) is 20.7. The topological polar surface area (TPSA) is 102 Å². The Labute approximate surface area is 163 Å². The normalized spacial score (nSPS) is 14.0. The molecule has 0 aliphatic carbocycles. The lowest BCUT2D eigenvalue weighted by molar-refractivity contribution is -0.157. The number of amides is 1. The van der Waals surface area contributed by atoms with E-state index >= 15 is 0 Å². The molecular formula is C20H25N3O5. The molecular weight excluding hydrogens is 362 g/mol. The van der Waals surface area contributed by atoms with Gasteiger partial charge < -0.3 is 14.7 Å². The molecule has 2 aromatic rings. The number of carbonyl (C=O) groups excluding carboxylic acids is 2. The van der Waals surface area contributed by atoms with Crippen molar-refractivity contribution >= 4 is 18.3 Å². The van der Waals surface area contributed by atoms with Crippen molar-refractivity contribution in [3.05, 3.63) is 41.6 Å². The first-order chi connectivity index (χ1) is 13.4. The van der Waals surface area contributed by atoms with Crippen LogP contribution < -0.4 is 0 Å². The van der Waals surface area contributed by atoms with Crippen molar-refractivity contribution in [3.63, 3.8) is 0 Å². The highest BCUT2D eigenvalue weighted by molar-refractivity contribution is 5.83. The summed E-state index contributed by atoms with van der Waals surface area (Å²) in [5.74, 6) is -0.577. The lowest BCUT2D eigenvalue weighted by Crippen LogP contribution is -2.41. The predicted octanol–water partition coefficient (Wildman–Crippen LogP) is 1.67. The molecule has 1 aromatic carbocycles. The second-order valence-electron chi connectivity index (χ2n) is 6.45. The summed E-state index contributed by atoms with van der Waals surface area (Å²) in [6, 6.07) is 10.1. The highest BCUT2D eigenvalue weighted by Gasteiger charge is 2.27. The lowest BCUT2D eigenvalue weighted by Gasteiger charge is -2.23. The highest BCUT2D eigenvalue weighted by Crippen LogP contribution is 2.28. The third-order valence-corrected chi connectivity index (χ3v) is 4.57. The molecule has 1 unspecified atom stereocenters. The summed E-state index contributed by atoms with van der Waals surface area (Å²) in [6.45, 7) is 3.90. The first-order valence-corrected chi connectivity index (χ1v) is 9.03. The van der Waals surface area contributed by atoms with E-state index in [0.717, 1.165) is 29.8 Å². The van der Waals surface area contributed by atoms with Crippen molar-refractivity contribution in [3.8, 4) is 11.3 Å². The Balaban J connectivity index is 0.000000878. The Morgan fingerprint density at radius 1 is 1.21 bits per heavy atom. The van der Waals surface area contributed by atoms with Gasteiger partial charge in [-0.2, -0.15) is 5.10 Å². The number of hydrogen-bond acceptors (Lipinski definition) is 5. The second-order valence-corrected chi connectivity index (χ2v) is 6.45. The fraction of sp³-hybridized carbons (Fsp3) is 0.400. The first kappa shape index (κ1) is 21.1. The number of aryl methyl sites for hydroxylation is 1. The number of ether oxygens (including phenoxy) is 1. The van der Waals surface area contributed by atoms with E-state index in [2.05, 4.69) is 12.1 Å². The number of benzene rings is 1. The van der Waals surface area contributed by atoms with Gasteiger partial charge in [0, 0.05) is 50.3 Å². The van der Waals surface area contributed by atoms with Crippen LogP contribution in [0.15, 0.2) is 30.3 Å². The molecule has 8 nitrogen and oxygen atoms in total. The number of rotatable bonds is 3. The van der Waals surface area contributed by atoms with E-state index in [1.54, 1.807) is 11.8 Å². The average Bonchev–Trinajstić information content (AvgIpc) is 2.84. The summed E-state index contributed by atoms with van der Waals surface area (Å²) in [4.78, 5) is 33.8. The fourth-order valence-corrected chi connectivity index (χ4v) is 3.38. The van der Waals surface area contributed by atoms with Crippen LogP contribution in [0.2, 0.25) is 0 Å². The van der Waals surface area contributed by atoms with Gasteiger partial charge in [-0.3, -0.25) is 19.1 Å². The van der Waals surface area contributed by atoms with Crippen LogP contribution in [0.4, 0.5) is 0 Å². The van der Waals surface area contributed by atoms with Crippen molar-refractivity contribution in [1.29, 1.82) is 0 Å². The van der Waals surface area contributed by atoms with Gasteiger partial charge >= 0.3 is 5.97 Å². The number of nitrogens with zero attached hydrogens (tertiary/aromatic N) is 3. The van der Waals surface area contributed by atoms with Gasteiger partial charge in [0.15, 0.2) is 6.10 Å². The van der Waals surface area contributed by atoms with Gasteiger partial charge in [-0.1, -0.05) is 30.3 Å². The van der Waals surface area contributed by atoms with Crippen LogP contribution in [0.5, 0.6) is 0 Å². The molecule has 1 aliphatic rings. The fourth-order valence-electron chi connectivity index (χ4n) is 3.38. The van der Waals surface area contributed by atoms with Gasteiger partial charge in [-0.15, -0.1) is 0 Å². The minimum absolute atomic E-state index is 0.141. The maximum Gasteiger partial charge on any atom is 0.303 e. The van der Waals surface area contributed by atoms with Crippen LogP contribution in [0.25, 0.3) is 11.3 Å². The van der Waals surface area contributed by atoms with Crippen LogP contribution in [-0.2, 0) is 39.0 Å². The van der Waals surface area contributed by atoms with Crippen LogP contribution >= 0.6 is 0 Å². The molecule has 150 valence electrons. The maximum absolute atomic E-state index is 12.5. The van der Waals surface area contributed by atoms with Gasteiger partial charge in [0.05, 0.1) is 5.69 Å². The number of carbonyl (C=O) groups is 3. The molecule has 0 saturated heterocycles. The molecule has 0 fully saturated rings. The van der Waals surface area contributed by atoms with Crippen molar-refractivity contribution in [2.75, 3.05) is 13.1 Å². The van der Waals surface area contributed by atoms with Crippen LogP contribution in [0.3, 0.4) is 0 Å². The van der Waals surface area contributed by atoms with E-state index in [0.29, 0.717) is 13.1 Å². The van der Waals surface area contributed by atoms with Gasteiger partial charge in [0.2, 0.25) is 0 Å². The molecule has 1 aromatic heterocycles. The Bertz CT molecular complexity index is 832. The molecule has 0 radical (unpaired) electrons. The van der Waals surface area contributed by atoms with Crippen LogP contribution in [0, 0.1) is 0 Å². The van der Waals surface area contributed by atoms with Crippen molar-refractivity contribution in [2.24, 2.45) is 7.05 Å². The number of esters is 1. The molecule has 1 N–H and O–H groups in total. The molecule has 1 amide bonds. The van der Waals surface area contributed by atoms with Gasteiger partial charge in [0.25, 0.3) is 12.4 Å². The molecule has 8 heteroatoms. The Morgan fingerprint density at radius 3 is 2.43 bits per heavy atom. The summed E-state index contributed by atoms with van der Waals surface area (Å²) in [7, 11) is 1.95. The monoisotopic (exact) mass is 387 g/mol. The molecule has 0 spiro atoms. The van der Waals surface area contributed by atoms with Crippen molar-refractivity contribution in [2.45, 2.75) is 32.8 Å². The van der Waals surface area contributed by atoms with Crippen LogP contribution in [0.1, 0.15) is 25.1 Å².